The normalized spacial score (nSPS) is 12.1. The number of anilines is 1. The number of para-hydroxylation sites is 1. The van der Waals surface area contributed by atoms with E-state index in [-0.39, 0.29) is 23.8 Å². The summed E-state index contributed by atoms with van der Waals surface area (Å²) in [6.07, 6.45) is 1.09. The molecule has 0 aromatic heterocycles. The van der Waals surface area contributed by atoms with E-state index in [2.05, 4.69) is 5.32 Å². The van der Waals surface area contributed by atoms with E-state index in [0.29, 0.717) is 17.2 Å². The van der Waals surface area contributed by atoms with E-state index in [1.807, 2.05) is 31.2 Å². The van der Waals surface area contributed by atoms with Crippen LogP contribution in [-0.4, -0.2) is 48.5 Å². The molecule has 9 heteroatoms. The van der Waals surface area contributed by atoms with Crippen molar-refractivity contribution in [1.82, 2.24) is 5.32 Å². The number of amides is 1. The van der Waals surface area contributed by atoms with Crippen LogP contribution in [-0.2, 0) is 10.0 Å². The second-order valence-corrected chi connectivity index (χ2v) is 8.50. The predicted octanol–water partition coefficient (Wildman–Crippen LogP) is 2.99. The second-order valence-electron chi connectivity index (χ2n) is 6.59. The molecule has 0 aliphatic carbocycles. The van der Waals surface area contributed by atoms with E-state index >= 15 is 0 Å². The van der Waals surface area contributed by atoms with E-state index in [0.717, 1.165) is 16.1 Å². The van der Waals surface area contributed by atoms with Gasteiger partial charge in [-0.2, -0.15) is 0 Å². The van der Waals surface area contributed by atoms with Crippen LogP contribution < -0.4 is 23.8 Å². The Morgan fingerprint density at radius 1 is 1.03 bits per heavy atom. The summed E-state index contributed by atoms with van der Waals surface area (Å²) in [7, 11) is 0.833. The monoisotopic (exact) mass is 436 g/mol. The predicted molar refractivity (Wildman–Crippen MR) is 116 cm³/mol. The van der Waals surface area contributed by atoms with Crippen LogP contribution in [0, 0.1) is 0 Å². The fourth-order valence-electron chi connectivity index (χ4n) is 3.22. The van der Waals surface area contributed by atoms with Gasteiger partial charge in [-0.25, -0.2) is 8.42 Å². The smallest absolute Gasteiger partial charge is 0.254 e. The summed E-state index contributed by atoms with van der Waals surface area (Å²) < 4.78 is 41.8. The van der Waals surface area contributed by atoms with Gasteiger partial charge in [0.25, 0.3) is 5.91 Å². The first-order valence-corrected chi connectivity index (χ1v) is 11.2. The fraction of sp³-hybridized carbons (Fsp3) is 0.381. The van der Waals surface area contributed by atoms with Crippen molar-refractivity contribution in [2.24, 2.45) is 0 Å². The van der Waals surface area contributed by atoms with Gasteiger partial charge < -0.3 is 19.5 Å². The van der Waals surface area contributed by atoms with Gasteiger partial charge in [0, 0.05) is 18.2 Å². The maximum Gasteiger partial charge on any atom is 0.254 e. The van der Waals surface area contributed by atoms with E-state index in [9.17, 15) is 13.2 Å². The molecular weight excluding hydrogens is 408 g/mol. The molecule has 1 amide bonds. The zero-order valence-electron chi connectivity index (χ0n) is 18.1. The second kappa shape index (κ2) is 9.71. The summed E-state index contributed by atoms with van der Waals surface area (Å²) in [5.74, 6) is 0.834. The molecule has 2 aromatic rings. The van der Waals surface area contributed by atoms with Gasteiger partial charge in [-0.3, -0.25) is 9.10 Å². The Balaban J connectivity index is 2.53. The number of sulfonamides is 1. The number of methoxy groups -OCH3 is 3. The number of nitrogens with one attached hydrogen (secondary N) is 1. The highest BCUT2D eigenvalue weighted by atomic mass is 32.2. The number of nitrogens with zero attached hydrogens (tertiary/aromatic N) is 1. The minimum absolute atomic E-state index is 0.149. The van der Waals surface area contributed by atoms with E-state index in [1.165, 1.54) is 26.4 Å². The van der Waals surface area contributed by atoms with Crippen molar-refractivity contribution < 1.29 is 27.4 Å². The standard InChI is InChI=1S/C21H28N2O6S/c1-7-23(30(6,25)26)17-13-20(29-5)19(28-4)12-16(17)21(24)22-14(2)15-10-8-9-11-18(15)27-3/h8-14H,7H2,1-6H3,(H,22,24). The topological polar surface area (TPSA) is 94.2 Å². The molecule has 164 valence electrons. The van der Waals surface area contributed by atoms with Crippen LogP contribution in [0.3, 0.4) is 0 Å². The number of rotatable bonds is 9. The van der Waals surface area contributed by atoms with Gasteiger partial charge in [-0.1, -0.05) is 18.2 Å². The third-order valence-corrected chi connectivity index (χ3v) is 5.91. The molecule has 0 heterocycles. The molecule has 30 heavy (non-hydrogen) atoms. The quantitative estimate of drug-likeness (QED) is 0.649. The molecule has 1 atom stereocenters. The molecule has 1 unspecified atom stereocenters. The third kappa shape index (κ3) is 4.96. The number of hydrogen-bond donors (Lipinski definition) is 1. The molecular formula is C21H28N2O6S. The molecule has 2 rings (SSSR count). The van der Waals surface area contributed by atoms with Crippen LogP contribution in [0.4, 0.5) is 5.69 Å². The average Bonchev–Trinajstić information content (AvgIpc) is 2.72. The molecule has 0 fully saturated rings. The zero-order chi connectivity index (χ0) is 22.5. The number of benzene rings is 2. The number of carbonyl (C=O) groups excluding carboxylic acids is 1. The van der Waals surface area contributed by atoms with Crippen LogP contribution in [0.15, 0.2) is 36.4 Å². The molecule has 0 aliphatic rings. The lowest BCUT2D eigenvalue weighted by Crippen LogP contribution is -2.33. The minimum Gasteiger partial charge on any atom is -0.496 e. The van der Waals surface area contributed by atoms with Gasteiger partial charge in [-0.15, -0.1) is 0 Å². The highest BCUT2D eigenvalue weighted by Crippen LogP contribution is 2.36. The number of hydrogen-bond acceptors (Lipinski definition) is 6. The lowest BCUT2D eigenvalue weighted by atomic mass is 10.1. The Morgan fingerprint density at radius 2 is 1.60 bits per heavy atom. The summed E-state index contributed by atoms with van der Waals surface area (Å²) in [6, 6.07) is 9.94. The Labute approximate surface area is 177 Å². The first-order valence-electron chi connectivity index (χ1n) is 9.35. The van der Waals surface area contributed by atoms with Crippen molar-refractivity contribution in [3.05, 3.63) is 47.5 Å². The first-order chi connectivity index (χ1) is 14.2. The minimum atomic E-state index is -3.62. The zero-order valence-corrected chi connectivity index (χ0v) is 18.9. The highest BCUT2D eigenvalue weighted by Gasteiger charge is 2.26. The molecule has 1 N–H and O–H groups in total. The van der Waals surface area contributed by atoms with Crippen molar-refractivity contribution in [3.63, 3.8) is 0 Å². The largest absolute Gasteiger partial charge is 0.496 e. The molecule has 0 radical (unpaired) electrons. The van der Waals surface area contributed by atoms with Crippen LogP contribution in [0.2, 0.25) is 0 Å². The summed E-state index contributed by atoms with van der Waals surface area (Å²) in [5, 5.41) is 2.91. The maximum absolute atomic E-state index is 13.2. The first kappa shape index (κ1) is 23.3. The van der Waals surface area contributed by atoms with E-state index in [4.69, 9.17) is 14.2 Å². The molecule has 2 aromatic carbocycles. The van der Waals surface area contributed by atoms with Crippen LogP contribution in [0.25, 0.3) is 0 Å². The van der Waals surface area contributed by atoms with Crippen molar-refractivity contribution in [3.8, 4) is 17.2 Å². The lowest BCUT2D eigenvalue weighted by Gasteiger charge is -2.25. The molecule has 0 aliphatic heterocycles. The SMILES string of the molecule is CCN(c1cc(OC)c(OC)cc1C(=O)NC(C)c1ccccc1OC)S(C)(=O)=O. The number of ether oxygens (including phenoxy) is 3. The van der Waals surface area contributed by atoms with Gasteiger partial charge >= 0.3 is 0 Å². The van der Waals surface area contributed by atoms with Crippen molar-refractivity contribution in [2.45, 2.75) is 19.9 Å². The Bertz CT molecular complexity index is 1010. The third-order valence-electron chi connectivity index (χ3n) is 4.66. The highest BCUT2D eigenvalue weighted by molar-refractivity contribution is 7.92. The summed E-state index contributed by atoms with van der Waals surface area (Å²) in [6.45, 7) is 3.66. The van der Waals surface area contributed by atoms with Gasteiger partial charge in [0.15, 0.2) is 11.5 Å². The fourth-order valence-corrected chi connectivity index (χ4v) is 4.19. The maximum atomic E-state index is 13.2. The van der Waals surface area contributed by atoms with Gasteiger partial charge in [0.1, 0.15) is 5.75 Å². The molecule has 0 saturated carbocycles. The van der Waals surface area contributed by atoms with E-state index < -0.39 is 15.9 Å². The van der Waals surface area contributed by atoms with Gasteiger partial charge in [-0.05, 0) is 26.0 Å². The van der Waals surface area contributed by atoms with Gasteiger partial charge in [0.2, 0.25) is 10.0 Å². The molecule has 0 bridgehead atoms. The Hall–Kier alpha value is -2.94. The van der Waals surface area contributed by atoms with Crippen LogP contribution >= 0.6 is 0 Å². The van der Waals surface area contributed by atoms with E-state index in [1.54, 1.807) is 14.0 Å². The van der Waals surface area contributed by atoms with Crippen molar-refractivity contribution in [2.75, 3.05) is 38.4 Å². The Kier molecular flexibility index (Phi) is 7.55. The summed E-state index contributed by atoms with van der Waals surface area (Å²) in [5.41, 5.74) is 1.16. The summed E-state index contributed by atoms with van der Waals surface area (Å²) in [4.78, 5) is 13.2. The molecule has 0 spiro atoms. The van der Waals surface area contributed by atoms with Crippen LogP contribution in [0.5, 0.6) is 17.2 Å². The van der Waals surface area contributed by atoms with Gasteiger partial charge in [0.05, 0.1) is 44.9 Å². The molecule has 8 nitrogen and oxygen atoms in total. The van der Waals surface area contributed by atoms with Crippen molar-refractivity contribution >= 4 is 21.6 Å². The summed E-state index contributed by atoms with van der Waals surface area (Å²) >= 11 is 0. The lowest BCUT2D eigenvalue weighted by molar-refractivity contribution is 0.0940. The Morgan fingerprint density at radius 3 is 2.13 bits per heavy atom. The van der Waals surface area contributed by atoms with Crippen LogP contribution in [0.1, 0.15) is 35.8 Å². The molecule has 0 saturated heterocycles. The van der Waals surface area contributed by atoms with Crippen molar-refractivity contribution in [1.29, 1.82) is 0 Å². The number of carbonyl (C=O) groups is 1. The average molecular weight is 437 g/mol.